The number of likely N-dealkylation sites (tertiary alicyclic amines) is 1. The van der Waals surface area contributed by atoms with E-state index in [2.05, 4.69) is 51.5 Å². The highest BCUT2D eigenvalue weighted by atomic mass is 16.2. The number of piperidine rings is 1. The summed E-state index contributed by atoms with van der Waals surface area (Å²) in [4.78, 5) is 18.6. The monoisotopic (exact) mass is 341 g/mol. The number of hydrogen-bond donors (Lipinski definition) is 1. The molecule has 3 rings (SSSR count). The summed E-state index contributed by atoms with van der Waals surface area (Å²) < 4.78 is 1.55. The van der Waals surface area contributed by atoms with E-state index < -0.39 is 0 Å². The topological polar surface area (TPSA) is 63.1 Å². The van der Waals surface area contributed by atoms with Crippen LogP contribution in [0.4, 0.5) is 0 Å². The SMILES string of the molecule is C[C@@H]1CCCN(Cc2ccc(CNC(=O)[C@@H](C)n3cncn3)cc2)C1. The van der Waals surface area contributed by atoms with Gasteiger partial charge in [-0.2, -0.15) is 5.10 Å². The summed E-state index contributed by atoms with van der Waals surface area (Å²) >= 11 is 0. The molecule has 2 atom stereocenters. The van der Waals surface area contributed by atoms with E-state index in [1.165, 1.54) is 37.8 Å². The molecular weight excluding hydrogens is 314 g/mol. The summed E-state index contributed by atoms with van der Waals surface area (Å²) in [6.07, 6.45) is 5.64. The molecule has 1 fully saturated rings. The normalized spacial score (nSPS) is 19.5. The second kappa shape index (κ2) is 8.25. The van der Waals surface area contributed by atoms with Crippen molar-refractivity contribution < 1.29 is 4.79 Å². The van der Waals surface area contributed by atoms with Crippen LogP contribution in [0.25, 0.3) is 0 Å². The van der Waals surface area contributed by atoms with Crippen LogP contribution in [0.3, 0.4) is 0 Å². The molecule has 6 heteroatoms. The Morgan fingerprint density at radius 3 is 2.76 bits per heavy atom. The van der Waals surface area contributed by atoms with Crippen molar-refractivity contribution in [2.24, 2.45) is 5.92 Å². The fourth-order valence-electron chi connectivity index (χ4n) is 3.33. The summed E-state index contributed by atoms with van der Waals surface area (Å²) in [6, 6.07) is 8.18. The largest absolute Gasteiger partial charge is 0.350 e. The van der Waals surface area contributed by atoms with Gasteiger partial charge in [0.25, 0.3) is 0 Å². The average molecular weight is 341 g/mol. The molecule has 0 bridgehead atoms. The van der Waals surface area contributed by atoms with Gasteiger partial charge in [0.05, 0.1) is 0 Å². The molecule has 1 aromatic carbocycles. The first-order valence-corrected chi connectivity index (χ1v) is 9.04. The smallest absolute Gasteiger partial charge is 0.244 e. The van der Waals surface area contributed by atoms with Gasteiger partial charge in [-0.15, -0.1) is 0 Å². The van der Waals surface area contributed by atoms with E-state index in [4.69, 9.17) is 0 Å². The highest BCUT2D eigenvalue weighted by Crippen LogP contribution is 2.18. The van der Waals surface area contributed by atoms with E-state index in [0.29, 0.717) is 6.54 Å². The van der Waals surface area contributed by atoms with Gasteiger partial charge >= 0.3 is 0 Å². The summed E-state index contributed by atoms with van der Waals surface area (Å²) in [5.41, 5.74) is 2.44. The van der Waals surface area contributed by atoms with Crippen molar-refractivity contribution in [2.45, 2.75) is 45.8 Å². The number of carbonyl (C=O) groups excluding carboxylic acids is 1. The Bertz CT molecular complexity index is 668. The molecule has 0 unspecified atom stereocenters. The Labute approximate surface area is 149 Å². The minimum atomic E-state index is -0.358. The number of aromatic nitrogens is 3. The molecule has 1 N–H and O–H groups in total. The minimum absolute atomic E-state index is 0.0584. The summed E-state index contributed by atoms with van der Waals surface area (Å²) in [6.45, 7) is 8.07. The van der Waals surface area contributed by atoms with Gasteiger partial charge < -0.3 is 5.32 Å². The van der Waals surface area contributed by atoms with Crippen LogP contribution < -0.4 is 5.32 Å². The van der Waals surface area contributed by atoms with Crippen LogP contribution in [0.1, 0.15) is 43.9 Å². The third-order valence-electron chi connectivity index (χ3n) is 4.85. The molecule has 0 spiro atoms. The zero-order chi connectivity index (χ0) is 17.6. The first-order valence-electron chi connectivity index (χ1n) is 9.04. The van der Waals surface area contributed by atoms with Gasteiger partial charge in [-0.1, -0.05) is 31.2 Å². The lowest BCUT2D eigenvalue weighted by molar-refractivity contribution is -0.124. The van der Waals surface area contributed by atoms with Crippen molar-refractivity contribution in [3.8, 4) is 0 Å². The van der Waals surface area contributed by atoms with Gasteiger partial charge in [-0.3, -0.25) is 9.69 Å². The van der Waals surface area contributed by atoms with E-state index in [1.807, 2.05) is 6.92 Å². The van der Waals surface area contributed by atoms with E-state index >= 15 is 0 Å². The third kappa shape index (κ3) is 4.89. The van der Waals surface area contributed by atoms with Gasteiger partial charge in [-0.25, -0.2) is 9.67 Å². The number of hydrogen-bond acceptors (Lipinski definition) is 4. The molecule has 0 radical (unpaired) electrons. The molecule has 2 heterocycles. The predicted molar refractivity (Wildman–Crippen MR) is 96.7 cm³/mol. The van der Waals surface area contributed by atoms with Crippen LogP contribution in [0, 0.1) is 5.92 Å². The van der Waals surface area contributed by atoms with Crippen LogP contribution in [0.15, 0.2) is 36.9 Å². The van der Waals surface area contributed by atoms with Crippen molar-refractivity contribution in [3.05, 3.63) is 48.0 Å². The molecule has 1 aromatic heterocycles. The highest BCUT2D eigenvalue weighted by Gasteiger charge is 2.16. The number of rotatable bonds is 6. The summed E-state index contributed by atoms with van der Waals surface area (Å²) in [5.74, 6) is 0.743. The Hall–Kier alpha value is -2.21. The number of nitrogens with one attached hydrogen (secondary N) is 1. The molecule has 25 heavy (non-hydrogen) atoms. The first-order chi connectivity index (χ1) is 12.1. The number of nitrogens with zero attached hydrogens (tertiary/aromatic N) is 4. The first kappa shape index (κ1) is 17.6. The zero-order valence-electron chi connectivity index (χ0n) is 15.1. The van der Waals surface area contributed by atoms with Gasteiger partial charge in [0.1, 0.15) is 18.7 Å². The lowest BCUT2D eigenvalue weighted by Gasteiger charge is -2.30. The fraction of sp³-hybridized carbons (Fsp3) is 0.526. The second-order valence-electron chi connectivity index (χ2n) is 7.07. The zero-order valence-corrected chi connectivity index (χ0v) is 15.1. The maximum atomic E-state index is 12.2. The second-order valence-corrected chi connectivity index (χ2v) is 7.07. The van der Waals surface area contributed by atoms with E-state index in [0.717, 1.165) is 18.0 Å². The summed E-state index contributed by atoms with van der Waals surface area (Å²) in [5, 5.41) is 6.96. The van der Waals surface area contributed by atoms with Crippen molar-refractivity contribution in [1.82, 2.24) is 25.0 Å². The molecule has 1 aliphatic heterocycles. The molecular formula is C19H27N5O. The van der Waals surface area contributed by atoms with Crippen LogP contribution in [0.5, 0.6) is 0 Å². The Morgan fingerprint density at radius 1 is 1.32 bits per heavy atom. The van der Waals surface area contributed by atoms with Gasteiger partial charge in [0.15, 0.2) is 0 Å². The molecule has 6 nitrogen and oxygen atoms in total. The molecule has 0 saturated carbocycles. The average Bonchev–Trinajstić information content (AvgIpc) is 3.15. The molecule has 1 amide bonds. The fourth-order valence-corrected chi connectivity index (χ4v) is 3.33. The van der Waals surface area contributed by atoms with Crippen LogP contribution >= 0.6 is 0 Å². The van der Waals surface area contributed by atoms with Gasteiger partial charge in [0, 0.05) is 19.6 Å². The molecule has 1 aliphatic rings. The Morgan fingerprint density at radius 2 is 2.08 bits per heavy atom. The lowest BCUT2D eigenvalue weighted by atomic mass is 9.99. The molecule has 134 valence electrons. The highest BCUT2D eigenvalue weighted by molar-refractivity contribution is 5.79. The Kier molecular flexibility index (Phi) is 5.81. The van der Waals surface area contributed by atoms with Crippen LogP contribution in [-0.2, 0) is 17.9 Å². The third-order valence-corrected chi connectivity index (χ3v) is 4.85. The van der Waals surface area contributed by atoms with Crippen LogP contribution in [0.2, 0.25) is 0 Å². The number of carbonyl (C=O) groups is 1. The molecule has 0 aliphatic carbocycles. The quantitative estimate of drug-likeness (QED) is 0.876. The summed E-state index contributed by atoms with van der Waals surface area (Å²) in [7, 11) is 0. The van der Waals surface area contributed by atoms with E-state index in [-0.39, 0.29) is 11.9 Å². The van der Waals surface area contributed by atoms with E-state index in [1.54, 1.807) is 11.0 Å². The van der Waals surface area contributed by atoms with Gasteiger partial charge in [0.2, 0.25) is 5.91 Å². The van der Waals surface area contributed by atoms with Crippen molar-refractivity contribution in [2.75, 3.05) is 13.1 Å². The van der Waals surface area contributed by atoms with Gasteiger partial charge in [-0.05, 0) is 43.4 Å². The van der Waals surface area contributed by atoms with Crippen LogP contribution in [-0.4, -0.2) is 38.7 Å². The maximum absolute atomic E-state index is 12.2. The lowest BCUT2D eigenvalue weighted by Crippen LogP contribution is -2.33. The predicted octanol–water partition coefficient (Wildman–Crippen LogP) is 2.39. The maximum Gasteiger partial charge on any atom is 0.244 e. The molecule has 2 aromatic rings. The Balaban J connectivity index is 1.48. The van der Waals surface area contributed by atoms with Crippen molar-refractivity contribution >= 4 is 5.91 Å². The minimum Gasteiger partial charge on any atom is -0.350 e. The standard InChI is InChI=1S/C19H27N5O/c1-15-4-3-9-23(11-15)12-18-7-5-17(6-8-18)10-21-19(25)16(2)24-14-20-13-22-24/h5-8,13-16H,3-4,9-12H2,1-2H3,(H,21,25)/t15-,16-/m1/s1. The van der Waals surface area contributed by atoms with Crippen molar-refractivity contribution in [3.63, 3.8) is 0 Å². The number of benzene rings is 1. The van der Waals surface area contributed by atoms with Crippen molar-refractivity contribution in [1.29, 1.82) is 0 Å². The number of amides is 1. The molecule has 1 saturated heterocycles. The van der Waals surface area contributed by atoms with E-state index in [9.17, 15) is 4.79 Å².